The van der Waals surface area contributed by atoms with Crippen molar-refractivity contribution in [2.45, 2.75) is 33.8 Å². The van der Waals surface area contributed by atoms with Gasteiger partial charge in [0.05, 0.1) is 6.10 Å². The van der Waals surface area contributed by atoms with E-state index >= 15 is 0 Å². The predicted molar refractivity (Wildman–Crippen MR) is 64.8 cm³/mol. The molecule has 5 heteroatoms. The Balaban J connectivity index is 3.03. The standard InChI is InChI=1S/C13H16O5/c1-8(2)16-11-5-6-12(17-9(3)14)13(7-11)18-10(4)15/h5-8H,1-4H3. The number of carbonyl (C=O) groups excluding carboxylic acids is 2. The molecule has 0 heterocycles. The lowest BCUT2D eigenvalue weighted by Crippen LogP contribution is -2.09. The van der Waals surface area contributed by atoms with Gasteiger partial charge >= 0.3 is 11.9 Å². The Morgan fingerprint density at radius 3 is 2.06 bits per heavy atom. The summed E-state index contributed by atoms with van der Waals surface area (Å²) in [6.45, 7) is 6.31. The summed E-state index contributed by atoms with van der Waals surface area (Å²) in [6.07, 6.45) is -0.00486. The Bertz CT molecular complexity index is 451. The summed E-state index contributed by atoms with van der Waals surface area (Å²) in [5.74, 6) is -0.0900. The van der Waals surface area contributed by atoms with Gasteiger partial charge in [-0.2, -0.15) is 0 Å². The molecule has 5 nitrogen and oxygen atoms in total. The van der Waals surface area contributed by atoms with Crippen LogP contribution in [0.2, 0.25) is 0 Å². The van der Waals surface area contributed by atoms with Gasteiger partial charge < -0.3 is 14.2 Å². The number of ether oxygens (including phenoxy) is 3. The van der Waals surface area contributed by atoms with E-state index in [2.05, 4.69) is 0 Å². The SMILES string of the molecule is CC(=O)Oc1ccc(OC(C)C)cc1OC(C)=O. The maximum absolute atomic E-state index is 11.0. The quantitative estimate of drug-likeness (QED) is 0.608. The van der Waals surface area contributed by atoms with Crippen LogP contribution < -0.4 is 14.2 Å². The van der Waals surface area contributed by atoms with Crippen LogP contribution in [0.15, 0.2) is 18.2 Å². The van der Waals surface area contributed by atoms with E-state index in [0.717, 1.165) is 0 Å². The first-order valence-corrected chi connectivity index (χ1v) is 5.56. The summed E-state index contributed by atoms with van der Waals surface area (Å²) in [7, 11) is 0. The van der Waals surface area contributed by atoms with Crippen molar-refractivity contribution < 1.29 is 23.8 Å². The smallest absolute Gasteiger partial charge is 0.308 e. The molecule has 0 radical (unpaired) electrons. The lowest BCUT2D eigenvalue weighted by Gasteiger charge is -2.13. The minimum Gasteiger partial charge on any atom is -0.491 e. The Hall–Kier alpha value is -2.04. The molecule has 1 rings (SSSR count). The molecule has 1 aromatic rings. The van der Waals surface area contributed by atoms with Gasteiger partial charge in [0, 0.05) is 19.9 Å². The van der Waals surface area contributed by atoms with Crippen LogP contribution in [0.5, 0.6) is 17.2 Å². The molecule has 0 fully saturated rings. The van der Waals surface area contributed by atoms with Crippen LogP contribution in [-0.2, 0) is 9.59 Å². The molecule has 0 amide bonds. The Labute approximate surface area is 106 Å². The van der Waals surface area contributed by atoms with E-state index in [1.807, 2.05) is 13.8 Å². The maximum Gasteiger partial charge on any atom is 0.308 e. The largest absolute Gasteiger partial charge is 0.491 e. The van der Waals surface area contributed by atoms with Crippen molar-refractivity contribution in [1.82, 2.24) is 0 Å². The van der Waals surface area contributed by atoms with Crippen LogP contribution in [0, 0.1) is 0 Å². The van der Waals surface area contributed by atoms with E-state index in [9.17, 15) is 9.59 Å². The molecule has 0 aliphatic carbocycles. The third-order valence-corrected chi connectivity index (χ3v) is 1.79. The number of hydrogen-bond donors (Lipinski definition) is 0. The van der Waals surface area contributed by atoms with Crippen molar-refractivity contribution >= 4 is 11.9 Å². The molecule has 0 saturated heterocycles. The average molecular weight is 252 g/mol. The van der Waals surface area contributed by atoms with Crippen molar-refractivity contribution in [2.75, 3.05) is 0 Å². The van der Waals surface area contributed by atoms with Gasteiger partial charge in [0.1, 0.15) is 5.75 Å². The fourth-order valence-electron chi connectivity index (χ4n) is 1.31. The molecule has 0 saturated carbocycles. The molecule has 0 aliphatic heterocycles. The summed E-state index contributed by atoms with van der Waals surface area (Å²) in [5.41, 5.74) is 0. The van der Waals surface area contributed by atoms with Crippen LogP contribution in [0.1, 0.15) is 27.7 Å². The average Bonchev–Trinajstić information content (AvgIpc) is 2.19. The van der Waals surface area contributed by atoms with Gasteiger partial charge in [-0.3, -0.25) is 9.59 Å². The highest BCUT2D eigenvalue weighted by atomic mass is 16.6. The zero-order valence-electron chi connectivity index (χ0n) is 10.9. The normalized spacial score (nSPS) is 10.1. The minimum absolute atomic E-state index is 0.00486. The summed E-state index contributed by atoms with van der Waals surface area (Å²) < 4.78 is 15.4. The molecule has 0 aromatic heterocycles. The zero-order chi connectivity index (χ0) is 13.7. The highest BCUT2D eigenvalue weighted by Crippen LogP contribution is 2.32. The number of rotatable bonds is 4. The van der Waals surface area contributed by atoms with Crippen molar-refractivity contribution in [1.29, 1.82) is 0 Å². The van der Waals surface area contributed by atoms with E-state index in [0.29, 0.717) is 5.75 Å². The second-order valence-corrected chi connectivity index (χ2v) is 3.96. The molecule has 0 N–H and O–H groups in total. The van der Waals surface area contributed by atoms with Crippen molar-refractivity contribution in [3.05, 3.63) is 18.2 Å². The van der Waals surface area contributed by atoms with E-state index < -0.39 is 11.9 Å². The van der Waals surface area contributed by atoms with Crippen LogP contribution in [-0.4, -0.2) is 18.0 Å². The maximum atomic E-state index is 11.0. The number of benzene rings is 1. The van der Waals surface area contributed by atoms with Gasteiger partial charge in [-0.1, -0.05) is 0 Å². The van der Waals surface area contributed by atoms with Crippen LogP contribution in [0.25, 0.3) is 0 Å². The third kappa shape index (κ3) is 4.45. The molecule has 0 spiro atoms. The fraction of sp³-hybridized carbons (Fsp3) is 0.385. The van der Waals surface area contributed by atoms with Crippen LogP contribution in [0.3, 0.4) is 0 Å². The molecule has 0 bridgehead atoms. The van der Waals surface area contributed by atoms with Gasteiger partial charge in [0.2, 0.25) is 0 Å². The number of esters is 2. The highest BCUT2D eigenvalue weighted by Gasteiger charge is 2.12. The monoisotopic (exact) mass is 252 g/mol. The van der Waals surface area contributed by atoms with Crippen LogP contribution >= 0.6 is 0 Å². The van der Waals surface area contributed by atoms with E-state index in [1.165, 1.54) is 26.0 Å². The van der Waals surface area contributed by atoms with E-state index in [4.69, 9.17) is 14.2 Å². The van der Waals surface area contributed by atoms with Gasteiger partial charge in [-0.15, -0.1) is 0 Å². The Kier molecular flexibility index (Phi) is 4.71. The molecule has 0 atom stereocenters. The first-order chi connectivity index (χ1) is 8.38. The summed E-state index contributed by atoms with van der Waals surface area (Å²) in [4.78, 5) is 21.9. The van der Waals surface area contributed by atoms with Gasteiger partial charge in [0.15, 0.2) is 11.5 Å². The van der Waals surface area contributed by atoms with Gasteiger partial charge in [-0.05, 0) is 26.0 Å². The van der Waals surface area contributed by atoms with Gasteiger partial charge in [0.25, 0.3) is 0 Å². The first-order valence-electron chi connectivity index (χ1n) is 5.56. The molecule has 0 aliphatic rings. The van der Waals surface area contributed by atoms with Crippen molar-refractivity contribution in [3.8, 4) is 17.2 Å². The summed E-state index contributed by atoms with van der Waals surface area (Å²) in [5, 5.41) is 0. The molecule has 1 aromatic carbocycles. The molecular weight excluding hydrogens is 236 g/mol. The lowest BCUT2D eigenvalue weighted by atomic mass is 10.3. The van der Waals surface area contributed by atoms with Crippen molar-refractivity contribution in [2.24, 2.45) is 0 Å². The Morgan fingerprint density at radius 2 is 1.56 bits per heavy atom. The lowest BCUT2D eigenvalue weighted by molar-refractivity contribution is -0.134. The predicted octanol–water partition coefficient (Wildman–Crippen LogP) is 2.32. The zero-order valence-corrected chi connectivity index (χ0v) is 10.9. The molecule has 0 unspecified atom stereocenters. The van der Waals surface area contributed by atoms with Crippen LogP contribution in [0.4, 0.5) is 0 Å². The van der Waals surface area contributed by atoms with E-state index in [-0.39, 0.29) is 17.6 Å². The van der Waals surface area contributed by atoms with Gasteiger partial charge in [-0.25, -0.2) is 0 Å². The number of hydrogen-bond acceptors (Lipinski definition) is 5. The highest BCUT2D eigenvalue weighted by molar-refractivity contribution is 5.73. The fourth-order valence-corrected chi connectivity index (χ4v) is 1.31. The second kappa shape index (κ2) is 6.05. The topological polar surface area (TPSA) is 61.8 Å². The minimum atomic E-state index is -0.495. The molecular formula is C13H16O5. The first kappa shape index (κ1) is 14.0. The second-order valence-electron chi connectivity index (χ2n) is 3.96. The van der Waals surface area contributed by atoms with Crippen molar-refractivity contribution in [3.63, 3.8) is 0 Å². The molecule has 98 valence electrons. The van der Waals surface area contributed by atoms with E-state index in [1.54, 1.807) is 6.07 Å². The third-order valence-electron chi connectivity index (χ3n) is 1.79. The molecule has 18 heavy (non-hydrogen) atoms. The number of carbonyl (C=O) groups is 2. The Morgan fingerprint density at radius 1 is 1.00 bits per heavy atom. The summed E-state index contributed by atoms with van der Waals surface area (Å²) >= 11 is 0. The summed E-state index contributed by atoms with van der Waals surface area (Å²) in [6, 6.07) is 4.68.